The van der Waals surface area contributed by atoms with E-state index in [9.17, 15) is 9.18 Å². The Morgan fingerprint density at radius 3 is 2.42 bits per heavy atom. The highest BCUT2D eigenvalue weighted by atomic mass is 19.1. The second-order valence-electron chi connectivity index (χ2n) is 7.76. The predicted octanol–water partition coefficient (Wildman–Crippen LogP) is 5.60. The molecule has 3 heteroatoms. The van der Waals surface area contributed by atoms with Crippen LogP contribution in [0.25, 0.3) is 0 Å². The second-order valence-corrected chi connectivity index (χ2v) is 7.76. The molecule has 1 aromatic carbocycles. The third kappa shape index (κ3) is 3.81. The molecule has 0 N–H and O–H groups in total. The van der Waals surface area contributed by atoms with Crippen molar-refractivity contribution >= 4 is 5.97 Å². The molecule has 1 aliphatic carbocycles. The molecule has 0 amide bonds. The molecule has 1 aromatic rings. The quantitative estimate of drug-likeness (QED) is 0.518. The lowest BCUT2D eigenvalue weighted by atomic mass is 9.77. The van der Waals surface area contributed by atoms with Crippen LogP contribution in [0.3, 0.4) is 0 Å². The van der Waals surface area contributed by atoms with Gasteiger partial charge in [-0.25, -0.2) is 4.39 Å². The summed E-state index contributed by atoms with van der Waals surface area (Å²) in [7, 11) is 0. The van der Waals surface area contributed by atoms with Crippen LogP contribution in [0.15, 0.2) is 12.1 Å². The maximum Gasteiger partial charge on any atom is 0.314 e. The van der Waals surface area contributed by atoms with Crippen molar-refractivity contribution in [3.63, 3.8) is 0 Å². The molecular formula is C21H29FO2. The molecule has 1 heterocycles. The van der Waals surface area contributed by atoms with E-state index in [1.807, 2.05) is 6.07 Å². The molecule has 0 spiro atoms. The van der Waals surface area contributed by atoms with Gasteiger partial charge in [-0.05, 0) is 49.1 Å². The SMILES string of the molecule is CCCC1CCC(CCC2Cc3ccc(C)c(F)c3OC2=O)CC1. The Labute approximate surface area is 144 Å². The summed E-state index contributed by atoms with van der Waals surface area (Å²) in [6, 6.07) is 3.68. The van der Waals surface area contributed by atoms with E-state index in [1.165, 1.54) is 38.5 Å². The Kier molecular flexibility index (Phi) is 5.57. The number of hydrogen-bond acceptors (Lipinski definition) is 2. The molecule has 1 aliphatic heterocycles. The van der Waals surface area contributed by atoms with Crippen LogP contribution in [0.4, 0.5) is 4.39 Å². The molecule has 1 atom stereocenters. The van der Waals surface area contributed by atoms with Gasteiger partial charge in [0.05, 0.1) is 5.92 Å². The molecule has 0 radical (unpaired) electrons. The fourth-order valence-corrected chi connectivity index (χ4v) is 4.37. The first kappa shape index (κ1) is 17.4. The van der Waals surface area contributed by atoms with E-state index in [-0.39, 0.29) is 23.5 Å². The van der Waals surface area contributed by atoms with Crippen molar-refractivity contribution < 1.29 is 13.9 Å². The van der Waals surface area contributed by atoms with Gasteiger partial charge in [-0.3, -0.25) is 4.79 Å². The summed E-state index contributed by atoms with van der Waals surface area (Å²) >= 11 is 0. The van der Waals surface area contributed by atoms with Gasteiger partial charge in [-0.2, -0.15) is 0 Å². The number of halogens is 1. The summed E-state index contributed by atoms with van der Waals surface area (Å²) in [6.07, 6.45) is 10.5. The summed E-state index contributed by atoms with van der Waals surface area (Å²) in [6.45, 7) is 3.97. The van der Waals surface area contributed by atoms with Gasteiger partial charge in [-0.1, -0.05) is 57.6 Å². The van der Waals surface area contributed by atoms with Crippen LogP contribution in [0, 0.1) is 30.5 Å². The van der Waals surface area contributed by atoms with E-state index in [0.717, 1.165) is 30.2 Å². The molecule has 0 bridgehead atoms. The highest BCUT2D eigenvalue weighted by molar-refractivity contribution is 5.78. The number of carbonyl (C=O) groups excluding carboxylic acids is 1. The minimum absolute atomic E-state index is 0.104. The minimum Gasteiger partial charge on any atom is -0.423 e. The Bertz CT molecular complexity index is 588. The summed E-state index contributed by atoms with van der Waals surface area (Å²) in [5.41, 5.74) is 1.37. The van der Waals surface area contributed by atoms with Gasteiger partial charge in [0.15, 0.2) is 11.6 Å². The normalized spacial score (nSPS) is 26.8. The molecule has 0 saturated heterocycles. The zero-order valence-electron chi connectivity index (χ0n) is 14.9. The van der Waals surface area contributed by atoms with Crippen LogP contribution in [0.5, 0.6) is 5.75 Å². The number of esters is 1. The molecule has 24 heavy (non-hydrogen) atoms. The zero-order chi connectivity index (χ0) is 17.1. The zero-order valence-corrected chi connectivity index (χ0v) is 14.9. The topological polar surface area (TPSA) is 26.3 Å². The average Bonchev–Trinajstić information content (AvgIpc) is 2.59. The van der Waals surface area contributed by atoms with E-state index in [2.05, 4.69) is 6.92 Å². The van der Waals surface area contributed by atoms with Crippen LogP contribution in [-0.2, 0) is 11.2 Å². The first-order valence-electron chi connectivity index (χ1n) is 9.58. The summed E-state index contributed by atoms with van der Waals surface area (Å²) in [5.74, 6) is 1.11. The molecule has 1 fully saturated rings. The number of carbonyl (C=O) groups is 1. The standard InChI is InChI=1S/C21H29FO2/c1-3-4-15-6-8-16(9-7-15)10-12-18-13-17-11-5-14(2)19(22)20(17)24-21(18)23/h5,11,15-16,18H,3-4,6-10,12-13H2,1-2H3. The monoisotopic (exact) mass is 332 g/mol. The van der Waals surface area contributed by atoms with Crippen molar-refractivity contribution in [1.29, 1.82) is 0 Å². The van der Waals surface area contributed by atoms with Gasteiger partial charge in [0, 0.05) is 0 Å². The van der Waals surface area contributed by atoms with Crippen LogP contribution < -0.4 is 4.74 Å². The fraction of sp³-hybridized carbons (Fsp3) is 0.667. The summed E-state index contributed by atoms with van der Waals surface area (Å²) < 4.78 is 19.4. The number of hydrogen-bond donors (Lipinski definition) is 0. The van der Waals surface area contributed by atoms with Crippen molar-refractivity contribution in [1.82, 2.24) is 0 Å². The molecule has 3 rings (SSSR count). The van der Waals surface area contributed by atoms with Gasteiger partial charge in [0.2, 0.25) is 0 Å². The molecular weight excluding hydrogens is 303 g/mol. The summed E-state index contributed by atoms with van der Waals surface area (Å²) in [5, 5.41) is 0. The lowest BCUT2D eigenvalue weighted by Gasteiger charge is -2.30. The van der Waals surface area contributed by atoms with Crippen molar-refractivity contribution in [3.8, 4) is 5.75 Å². The predicted molar refractivity (Wildman–Crippen MR) is 93.6 cm³/mol. The van der Waals surface area contributed by atoms with Crippen LogP contribution in [-0.4, -0.2) is 5.97 Å². The Morgan fingerprint density at radius 2 is 1.75 bits per heavy atom. The van der Waals surface area contributed by atoms with Gasteiger partial charge in [-0.15, -0.1) is 0 Å². The minimum atomic E-state index is -0.381. The third-order valence-electron chi connectivity index (χ3n) is 5.96. The molecule has 2 nitrogen and oxygen atoms in total. The van der Waals surface area contributed by atoms with Crippen LogP contribution in [0.1, 0.15) is 69.4 Å². The molecule has 132 valence electrons. The molecule has 2 aliphatic rings. The fourth-order valence-electron chi connectivity index (χ4n) is 4.37. The Hall–Kier alpha value is -1.38. The van der Waals surface area contributed by atoms with E-state index in [0.29, 0.717) is 12.0 Å². The number of fused-ring (bicyclic) bond motifs is 1. The van der Waals surface area contributed by atoms with Crippen molar-refractivity contribution in [2.75, 3.05) is 0 Å². The highest BCUT2D eigenvalue weighted by Gasteiger charge is 2.31. The van der Waals surface area contributed by atoms with Crippen molar-refractivity contribution in [3.05, 3.63) is 29.1 Å². The van der Waals surface area contributed by atoms with Gasteiger partial charge in [0.25, 0.3) is 0 Å². The van der Waals surface area contributed by atoms with E-state index < -0.39 is 0 Å². The van der Waals surface area contributed by atoms with Crippen molar-refractivity contribution in [2.45, 2.75) is 71.6 Å². The molecule has 0 aromatic heterocycles. The van der Waals surface area contributed by atoms with Crippen LogP contribution in [0.2, 0.25) is 0 Å². The summed E-state index contributed by atoms with van der Waals surface area (Å²) in [4.78, 5) is 12.2. The Balaban J connectivity index is 1.53. The second kappa shape index (κ2) is 7.67. The number of benzene rings is 1. The average molecular weight is 332 g/mol. The Morgan fingerprint density at radius 1 is 1.08 bits per heavy atom. The maximum absolute atomic E-state index is 14.1. The van der Waals surface area contributed by atoms with E-state index >= 15 is 0 Å². The van der Waals surface area contributed by atoms with Gasteiger partial charge in [0.1, 0.15) is 0 Å². The van der Waals surface area contributed by atoms with E-state index in [1.54, 1.807) is 13.0 Å². The number of aryl methyl sites for hydroxylation is 1. The first-order chi connectivity index (χ1) is 11.6. The molecule has 1 unspecified atom stereocenters. The van der Waals surface area contributed by atoms with E-state index in [4.69, 9.17) is 4.74 Å². The largest absolute Gasteiger partial charge is 0.423 e. The maximum atomic E-state index is 14.1. The highest BCUT2D eigenvalue weighted by Crippen LogP contribution is 2.37. The first-order valence-corrected chi connectivity index (χ1v) is 9.58. The lowest BCUT2D eigenvalue weighted by Crippen LogP contribution is -2.29. The number of ether oxygens (including phenoxy) is 1. The lowest BCUT2D eigenvalue weighted by molar-refractivity contribution is -0.140. The van der Waals surface area contributed by atoms with Gasteiger partial charge < -0.3 is 4.74 Å². The van der Waals surface area contributed by atoms with Gasteiger partial charge >= 0.3 is 5.97 Å². The van der Waals surface area contributed by atoms with Crippen LogP contribution >= 0.6 is 0 Å². The smallest absolute Gasteiger partial charge is 0.314 e. The van der Waals surface area contributed by atoms with Crippen molar-refractivity contribution in [2.24, 2.45) is 17.8 Å². The number of rotatable bonds is 5. The molecule has 1 saturated carbocycles. The third-order valence-corrected chi connectivity index (χ3v) is 5.96.